The smallest absolute Gasteiger partial charge is 0.265 e. The average Bonchev–Trinajstić information content (AvgIpc) is 3.24. The van der Waals surface area contributed by atoms with Crippen molar-refractivity contribution in [2.75, 3.05) is 5.75 Å². The van der Waals surface area contributed by atoms with Crippen LogP contribution in [-0.4, -0.2) is 42.2 Å². The predicted octanol–water partition coefficient (Wildman–Crippen LogP) is 2.00. The van der Waals surface area contributed by atoms with Gasteiger partial charge in [0.05, 0.1) is 16.9 Å². The molecule has 1 amide bonds. The Hall–Kier alpha value is -2.10. The molecule has 0 saturated heterocycles. The van der Waals surface area contributed by atoms with E-state index in [4.69, 9.17) is 10.3 Å². The molecule has 1 aliphatic heterocycles. The van der Waals surface area contributed by atoms with Crippen molar-refractivity contribution in [2.24, 2.45) is 27.6 Å². The summed E-state index contributed by atoms with van der Waals surface area (Å²) in [7, 11) is -4.08. The number of hydrazone groups is 1. The van der Waals surface area contributed by atoms with Gasteiger partial charge in [-0.3, -0.25) is 14.1 Å². The first-order valence-corrected chi connectivity index (χ1v) is 12.7. The highest BCUT2D eigenvalue weighted by Crippen LogP contribution is 2.64. The van der Waals surface area contributed by atoms with Gasteiger partial charge in [0, 0.05) is 25.3 Å². The van der Waals surface area contributed by atoms with Gasteiger partial charge < -0.3 is 5.73 Å². The zero-order valence-corrected chi connectivity index (χ0v) is 19.4. The molecule has 3 aliphatic carbocycles. The molecule has 1 heterocycles. The van der Waals surface area contributed by atoms with Crippen molar-refractivity contribution in [2.45, 2.75) is 64.8 Å². The summed E-state index contributed by atoms with van der Waals surface area (Å²) in [6.45, 7) is 3.89. The lowest BCUT2D eigenvalue weighted by molar-refractivity contribution is -0.128. The molecule has 3 atom stereocenters. The molecule has 9 heteroatoms. The Morgan fingerprint density at radius 1 is 1.16 bits per heavy atom. The van der Waals surface area contributed by atoms with E-state index in [1.165, 1.54) is 11.1 Å². The van der Waals surface area contributed by atoms with Crippen molar-refractivity contribution in [1.29, 1.82) is 0 Å². The molecule has 2 saturated carbocycles. The molecule has 174 valence electrons. The quantitative estimate of drug-likeness (QED) is 0.589. The van der Waals surface area contributed by atoms with Gasteiger partial charge in [0.1, 0.15) is 5.78 Å². The van der Waals surface area contributed by atoms with Crippen LogP contribution in [0.25, 0.3) is 0 Å². The zero-order chi connectivity index (χ0) is 23.3. The number of ketones is 1. The Balaban J connectivity index is 0.000000155. The fourth-order valence-corrected chi connectivity index (χ4v) is 7.23. The first-order chi connectivity index (χ1) is 14.9. The van der Waals surface area contributed by atoms with Crippen LogP contribution in [0.4, 0.5) is 0 Å². The summed E-state index contributed by atoms with van der Waals surface area (Å²) in [5.41, 5.74) is 12.1. The SMILES string of the molecule is CC1(C)C2CCC1(CS(=O)(=O)O)C(=O)C2.NC1Cc2ccc(C3=NNC(=O)CC3)cc2C1. The molecule has 8 nitrogen and oxygen atoms in total. The van der Waals surface area contributed by atoms with Crippen LogP contribution in [0.1, 0.15) is 62.6 Å². The second-order valence-corrected chi connectivity index (χ2v) is 11.6. The van der Waals surface area contributed by atoms with E-state index < -0.39 is 21.3 Å². The van der Waals surface area contributed by atoms with Gasteiger partial charge in [-0.15, -0.1) is 0 Å². The van der Waals surface area contributed by atoms with Crippen molar-refractivity contribution in [3.63, 3.8) is 0 Å². The van der Waals surface area contributed by atoms with Crippen LogP contribution in [0.2, 0.25) is 0 Å². The minimum Gasteiger partial charge on any atom is -0.327 e. The average molecular weight is 462 g/mol. The lowest BCUT2D eigenvalue weighted by Gasteiger charge is -2.35. The van der Waals surface area contributed by atoms with E-state index in [0.29, 0.717) is 19.3 Å². The van der Waals surface area contributed by atoms with Gasteiger partial charge in [-0.2, -0.15) is 13.5 Å². The van der Waals surface area contributed by atoms with Gasteiger partial charge in [-0.1, -0.05) is 26.0 Å². The van der Waals surface area contributed by atoms with Gasteiger partial charge in [-0.05, 0) is 59.8 Å². The summed E-state index contributed by atoms with van der Waals surface area (Å²) in [6.07, 6.45) is 5.13. The summed E-state index contributed by atoms with van der Waals surface area (Å²) in [6, 6.07) is 6.63. The molecule has 1 aromatic rings. The Labute approximate surface area is 188 Å². The van der Waals surface area contributed by atoms with Crippen LogP contribution < -0.4 is 11.2 Å². The maximum absolute atomic E-state index is 11.9. The molecule has 32 heavy (non-hydrogen) atoms. The van der Waals surface area contributed by atoms with Gasteiger partial charge in [0.25, 0.3) is 10.1 Å². The second-order valence-electron chi connectivity index (χ2n) is 10.1. The number of Topliss-reactive ketones (excluding diaryl/α,β-unsaturated/α-hetero) is 1. The minimum absolute atomic E-state index is 0.00284. The van der Waals surface area contributed by atoms with Gasteiger partial charge in [0.2, 0.25) is 5.91 Å². The molecule has 1 aromatic carbocycles. The highest BCUT2D eigenvalue weighted by molar-refractivity contribution is 7.85. The second kappa shape index (κ2) is 8.04. The number of carbonyl (C=O) groups excluding carboxylic acids is 2. The number of amides is 1. The first kappa shape index (κ1) is 23.1. The Morgan fingerprint density at radius 2 is 1.88 bits per heavy atom. The Kier molecular flexibility index (Phi) is 5.80. The van der Waals surface area contributed by atoms with E-state index in [1.807, 2.05) is 13.8 Å². The number of rotatable bonds is 3. The number of nitrogens with two attached hydrogens (primary N) is 1. The number of hydrogen-bond donors (Lipinski definition) is 3. The molecule has 0 radical (unpaired) electrons. The fraction of sp³-hybridized carbons (Fsp3) is 0.609. The molecule has 2 bridgehead atoms. The third kappa shape index (κ3) is 4.13. The molecule has 4 N–H and O–H groups in total. The van der Waals surface area contributed by atoms with Crippen LogP contribution in [-0.2, 0) is 32.5 Å². The van der Waals surface area contributed by atoms with Crippen molar-refractivity contribution < 1.29 is 22.6 Å². The highest BCUT2D eigenvalue weighted by Gasteiger charge is 2.65. The standard InChI is InChI=1S/C13H15N3O.C10H16O4S/c14-11-6-8-1-2-9(5-10(8)7-11)12-3-4-13(17)16-15-12;1-9(2)7-3-4-10(9,8(11)5-7)6-15(12,13)14/h1-2,5,11H,3-4,6-7,14H2,(H,16,17);7H,3-6H2,1-2H3,(H,12,13,14). The zero-order valence-electron chi connectivity index (χ0n) is 18.6. The first-order valence-electron chi connectivity index (χ1n) is 11.1. The topological polar surface area (TPSA) is 139 Å². The molecule has 4 aliphatic rings. The van der Waals surface area contributed by atoms with E-state index in [1.54, 1.807) is 0 Å². The maximum Gasteiger partial charge on any atom is 0.265 e. The van der Waals surface area contributed by atoms with Gasteiger partial charge in [0.15, 0.2) is 0 Å². The predicted molar refractivity (Wildman–Crippen MR) is 121 cm³/mol. The lowest BCUT2D eigenvalue weighted by atomic mass is 9.70. The summed E-state index contributed by atoms with van der Waals surface area (Å²) >= 11 is 0. The van der Waals surface area contributed by atoms with Crippen molar-refractivity contribution in [3.05, 3.63) is 34.9 Å². The Bertz CT molecular complexity index is 1090. The molecule has 2 fully saturated rings. The number of fused-ring (bicyclic) bond motifs is 3. The van der Waals surface area contributed by atoms with E-state index in [-0.39, 0.29) is 29.1 Å². The van der Waals surface area contributed by atoms with E-state index in [9.17, 15) is 18.0 Å². The Morgan fingerprint density at radius 3 is 2.44 bits per heavy atom. The number of nitrogens with zero attached hydrogens (tertiary/aromatic N) is 1. The number of hydrogen-bond acceptors (Lipinski definition) is 6. The fourth-order valence-electron chi connectivity index (χ4n) is 5.93. The number of nitrogens with one attached hydrogen (secondary N) is 1. The van der Waals surface area contributed by atoms with Crippen molar-refractivity contribution in [1.82, 2.24) is 5.43 Å². The summed E-state index contributed by atoms with van der Waals surface area (Å²) in [5, 5.41) is 4.11. The molecule has 0 aromatic heterocycles. The monoisotopic (exact) mass is 461 g/mol. The van der Waals surface area contributed by atoms with Crippen LogP contribution >= 0.6 is 0 Å². The summed E-state index contributed by atoms with van der Waals surface area (Å²) in [4.78, 5) is 22.9. The van der Waals surface area contributed by atoms with Crippen LogP contribution in [0.15, 0.2) is 23.3 Å². The summed E-state index contributed by atoms with van der Waals surface area (Å²) < 4.78 is 31.0. The van der Waals surface area contributed by atoms with Crippen LogP contribution in [0, 0.1) is 16.7 Å². The van der Waals surface area contributed by atoms with Gasteiger partial charge in [-0.25, -0.2) is 5.43 Å². The van der Waals surface area contributed by atoms with Crippen molar-refractivity contribution in [3.8, 4) is 0 Å². The third-order valence-electron chi connectivity index (χ3n) is 7.98. The van der Waals surface area contributed by atoms with Gasteiger partial charge >= 0.3 is 0 Å². The van der Waals surface area contributed by atoms with E-state index in [2.05, 4.69) is 28.7 Å². The highest BCUT2D eigenvalue weighted by atomic mass is 32.2. The summed E-state index contributed by atoms with van der Waals surface area (Å²) in [5.74, 6) is -0.104. The largest absolute Gasteiger partial charge is 0.327 e. The normalized spacial score (nSPS) is 30.3. The third-order valence-corrected chi connectivity index (χ3v) is 8.83. The molecule has 0 spiro atoms. The minimum atomic E-state index is -4.08. The molecular formula is C23H31N3O5S. The lowest BCUT2D eigenvalue weighted by Crippen LogP contribution is -2.42. The van der Waals surface area contributed by atoms with Crippen LogP contribution in [0.5, 0.6) is 0 Å². The number of carbonyl (C=O) groups is 2. The van der Waals surface area contributed by atoms with Crippen LogP contribution in [0.3, 0.4) is 0 Å². The maximum atomic E-state index is 11.9. The molecule has 5 rings (SSSR count). The van der Waals surface area contributed by atoms with E-state index >= 15 is 0 Å². The molecular weight excluding hydrogens is 430 g/mol. The van der Waals surface area contributed by atoms with E-state index in [0.717, 1.165) is 37.0 Å². The number of benzene rings is 1. The molecule has 3 unspecified atom stereocenters. The van der Waals surface area contributed by atoms with Crippen molar-refractivity contribution >= 4 is 27.5 Å².